The normalized spacial score (nSPS) is 19.9. The van der Waals surface area contributed by atoms with Crippen molar-refractivity contribution < 1.29 is 5.11 Å². The van der Waals surface area contributed by atoms with Crippen LogP contribution < -0.4 is 4.90 Å². The Morgan fingerprint density at radius 2 is 2.05 bits per heavy atom. The molecule has 1 aliphatic heterocycles. The summed E-state index contributed by atoms with van der Waals surface area (Å²) in [7, 11) is 0. The number of aliphatic hydroxyl groups excluding tert-OH is 1. The Morgan fingerprint density at radius 1 is 1.20 bits per heavy atom. The lowest BCUT2D eigenvalue weighted by Crippen LogP contribution is -2.25. The number of aliphatic hydroxyl groups is 1. The summed E-state index contributed by atoms with van der Waals surface area (Å²) in [5.74, 6) is 1.80. The zero-order valence-electron chi connectivity index (χ0n) is 11.7. The lowest BCUT2D eigenvalue weighted by Gasteiger charge is -2.21. The molecule has 1 fully saturated rings. The predicted octanol–water partition coefficient (Wildman–Crippen LogP) is 1.93. The molecule has 0 radical (unpaired) electrons. The molecule has 20 heavy (non-hydrogen) atoms. The van der Waals surface area contributed by atoms with Crippen molar-refractivity contribution in [1.29, 1.82) is 0 Å². The van der Waals surface area contributed by atoms with Crippen molar-refractivity contribution in [2.45, 2.75) is 32.3 Å². The van der Waals surface area contributed by atoms with Crippen LogP contribution in [0.1, 0.15) is 24.8 Å². The quantitative estimate of drug-likeness (QED) is 0.907. The van der Waals surface area contributed by atoms with Gasteiger partial charge in [-0.25, -0.2) is 9.67 Å². The first kappa shape index (κ1) is 13.1. The van der Waals surface area contributed by atoms with Crippen molar-refractivity contribution in [2.75, 3.05) is 18.0 Å². The van der Waals surface area contributed by atoms with Gasteiger partial charge in [-0.2, -0.15) is 5.10 Å². The number of hydrogen-bond acceptors (Lipinski definition) is 4. The molecule has 106 valence electrons. The highest BCUT2D eigenvalue weighted by molar-refractivity contribution is 5.42. The fourth-order valence-electron chi connectivity index (χ4n) is 2.56. The van der Waals surface area contributed by atoms with E-state index in [2.05, 4.69) is 10.00 Å². The molecule has 1 atom stereocenters. The van der Waals surface area contributed by atoms with E-state index in [0.717, 1.165) is 49.6 Å². The molecule has 3 rings (SSSR count). The van der Waals surface area contributed by atoms with Gasteiger partial charge in [0.2, 0.25) is 0 Å². The average molecular weight is 272 g/mol. The molecule has 0 aliphatic carbocycles. The van der Waals surface area contributed by atoms with Gasteiger partial charge in [-0.15, -0.1) is 0 Å². The van der Waals surface area contributed by atoms with E-state index in [-0.39, 0.29) is 6.10 Å². The lowest BCUT2D eigenvalue weighted by atomic mass is 10.2. The molecule has 2 aromatic heterocycles. The van der Waals surface area contributed by atoms with E-state index in [1.165, 1.54) is 0 Å². The van der Waals surface area contributed by atoms with E-state index in [9.17, 15) is 5.11 Å². The number of aromatic nitrogens is 3. The van der Waals surface area contributed by atoms with Gasteiger partial charge in [0.25, 0.3) is 0 Å². The maximum atomic E-state index is 9.73. The third kappa shape index (κ3) is 2.82. The largest absolute Gasteiger partial charge is 0.393 e. The summed E-state index contributed by atoms with van der Waals surface area (Å²) < 4.78 is 1.80. The van der Waals surface area contributed by atoms with Crippen molar-refractivity contribution >= 4 is 5.82 Å². The molecule has 3 heterocycles. The van der Waals surface area contributed by atoms with Gasteiger partial charge in [0, 0.05) is 19.3 Å². The first-order chi connectivity index (χ1) is 9.72. The van der Waals surface area contributed by atoms with Crippen LogP contribution in [0.15, 0.2) is 30.6 Å². The molecule has 0 saturated carbocycles. The summed E-state index contributed by atoms with van der Waals surface area (Å²) in [5, 5.41) is 14.0. The minimum atomic E-state index is -0.169. The number of hydrogen-bond donors (Lipinski definition) is 1. The van der Waals surface area contributed by atoms with Crippen molar-refractivity contribution in [3.05, 3.63) is 36.2 Å². The zero-order valence-corrected chi connectivity index (χ0v) is 11.7. The Kier molecular flexibility index (Phi) is 3.69. The number of anilines is 1. The highest BCUT2D eigenvalue weighted by Gasteiger charge is 2.16. The van der Waals surface area contributed by atoms with Crippen LogP contribution in [0.5, 0.6) is 0 Å². The van der Waals surface area contributed by atoms with Gasteiger partial charge in [0.15, 0.2) is 5.82 Å². The minimum absolute atomic E-state index is 0.169. The maximum absolute atomic E-state index is 9.73. The van der Waals surface area contributed by atoms with Crippen LogP contribution in [0, 0.1) is 6.92 Å². The van der Waals surface area contributed by atoms with Gasteiger partial charge >= 0.3 is 0 Å². The topological polar surface area (TPSA) is 54.2 Å². The molecule has 0 aromatic carbocycles. The zero-order chi connectivity index (χ0) is 13.9. The van der Waals surface area contributed by atoms with Crippen molar-refractivity contribution in [2.24, 2.45) is 0 Å². The van der Waals surface area contributed by atoms with Crippen LogP contribution in [-0.4, -0.2) is 39.1 Å². The Balaban J connectivity index is 1.83. The summed E-state index contributed by atoms with van der Waals surface area (Å²) >= 11 is 0. The van der Waals surface area contributed by atoms with Gasteiger partial charge in [0.1, 0.15) is 5.82 Å². The molecule has 2 aromatic rings. The van der Waals surface area contributed by atoms with E-state index in [1.807, 2.05) is 37.5 Å². The van der Waals surface area contributed by atoms with Crippen molar-refractivity contribution in [3.63, 3.8) is 0 Å². The summed E-state index contributed by atoms with van der Waals surface area (Å²) in [6.45, 7) is 3.82. The molecule has 0 amide bonds. The number of rotatable bonds is 2. The van der Waals surface area contributed by atoms with Crippen molar-refractivity contribution in [1.82, 2.24) is 14.8 Å². The van der Waals surface area contributed by atoms with E-state index < -0.39 is 0 Å². The SMILES string of the molecule is Cc1cnn(-c2cccc(N3CCC[C@H](O)CC3)n2)c1. The van der Waals surface area contributed by atoms with E-state index in [1.54, 1.807) is 4.68 Å². The Morgan fingerprint density at radius 3 is 2.85 bits per heavy atom. The van der Waals surface area contributed by atoms with Crippen LogP contribution in [0.4, 0.5) is 5.82 Å². The molecule has 5 nitrogen and oxygen atoms in total. The minimum Gasteiger partial charge on any atom is -0.393 e. The molecule has 1 aliphatic rings. The second-order valence-corrected chi connectivity index (χ2v) is 5.39. The summed E-state index contributed by atoms with van der Waals surface area (Å²) in [6, 6.07) is 6.00. The maximum Gasteiger partial charge on any atom is 0.155 e. The van der Waals surface area contributed by atoms with Crippen LogP contribution in [0.2, 0.25) is 0 Å². The molecule has 5 heteroatoms. The molecule has 1 saturated heterocycles. The number of aryl methyl sites for hydroxylation is 1. The van der Waals surface area contributed by atoms with Crippen LogP contribution in [-0.2, 0) is 0 Å². The van der Waals surface area contributed by atoms with Gasteiger partial charge in [-0.05, 0) is 43.9 Å². The fourth-order valence-corrected chi connectivity index (χ4v) is 2.56. The Labute approximate surface area is 118 Å². The standard InChI is InChI=1S/C15H20N4O/c1-12-10-16-19(11-12)15-6-2-5-14(17-15)18-8-3-4-13(20)7-9-18/h2,5-6,10-11,13,20H,3-4,7-9H2,1H3/t13-/m0/s1. The summed E-state index contributed by atoms with van der Waals surface area (Å²) in [5.41, 5.74) is 1.12. The van der Waals surface area contributed by atoms with Crippen molar-refractivity contribution in [3.8, 4) is 5.82 Å². The van der Waals surface area contributed by atoms with Gasteiger partial charge in [0.05, 0.1) is 12.3 Å². The highest BCUT2D eigenvalue weighted by Crippen LogP contribution is 2.19. The third-order valence-corrected chi connectivity index (χ3v) is 3.69. The smallest absolute Gasteiger partial charge is 0.155 e. The van der Waals surface area contributed by atoms with E-state index >= 15 is 0 Å². The van der Waals surface area contributed by atoms with Gasteiger partial charge in [-0.1, -0.05) is 6.07 Å². The molecular formula is C15H20N4O. The van der Waals surface area contributed by atoms with Gasteiger partial charge in [-0.3, -0.25) is 0 Å². The lowest BCUT2D eigenvalue weighted by molar-refractivity contribution is 0.161. The second kappa shape index (κ2) is 5.63. The average Bonchev–Trinajstić information content (AvgIpc) is 2.77. The number of nitrogens with zero attached hydrogens (tertiary/aromatic N) is 4. The molecular weight excluding hydrogens is 252 g/mol. The van der Waals surface area contributed by atoms with Crippen LogP contribution in [0.3, 0.4) is 0 Å². The van der Waals surface area contributed by atoms with Crippen LogP contribution >= 0.6 is 0 Å². The Bertz CT molecular complexity index is 581. The molecule has 0 bridgehead atoms. The summed E-state index contributed by atoms with van der Waals surface area (Å²) in [4.78, 5) is 6.94. The number of pyridine rings is 1. The van der Waals surface area contributed by atoms with E-state index in [4.69, 9.17) is 4.98 Å². The third-order valence-electron chi connectivity index (χ3n) is 3.69. The summed E-state index contributed by atoms with van der Waals surface area (Å²) in [6.07, 6.45) is 6.33. The van der Waals surface area contributed by atoms with Gasteiger partial charge < -0.3 is 10.0 Å². The van der Waals surface area contributed by atoms with Crippen LogP contribution in [0.25, 0.3) is 5.82 Å². The molecule has 0 unspecified atom stereocenters. The Hall–Kier alpha value is -1.88. The fraction of sp³-hybridized carbons (Fsp3) is 0.467. The second-order valence-electron chi connectivity index (χ2n) is 5.39. The first-order valence-corrected chi connectivity index (χ1v) is 7.14. The highest BCUT2D eigenvalue weighted by atomic mass is 16.3. The monoisotopic (exact) mass is 272 g/mol. The predicted molar refractivity (Wildman–Crippen MR) is 78.2 cm³/mol. The molecule has 0 spiro atoms. The van der Waals surface area contributed by atoms with E-state index in [0.29, 0.717) is 0 Å². The molecule has 1 N–H and O–H groups in total. The first-order valence-electron chi connectivity index (χ1n) is 7.14.